The van der Waals surface area contributed by atoms with Crippen molar-refractivity contribution in [1.29, 1.82) is 0 Å². The standard InChI is InChI=1S/C30H29F3N6O2/c1-18(19-7-3-2-4-8-19)36-29-35-13-12-25(37-29)23-16-24(28(41)39-14-6-11-22(34)17-39)27(40)38-26(23)20-9-5-10-21(15-20)30(31,32)33/h2-5,7-10,12-13,15-16,18,22H,6,11,14,17,34H2,1H3,(H,38,40)(H,35,36,37). The molecule has 0 radical (unpaired) electrons. The van der Waals surface area contributed by atoms with E-state index in [4.69, 9.17) is 5.73 Å². The molecule has 2 aromatic heterocycles. The molecule has 1 aliphatic rings. The minimum atomic E-state index is -4.58. The Morgan fingerprint density at radius 2 is 1.90 bits per heavy atom. The van der Waals surface area contributed by atoms with E-state index < -0.39 is 23.2 Å². The maximum Gasteiger partial charge on any atom is 0.416 e. The van der Waals surface area contributed by atoms with Crippen molar-refractivity contribution in [3.05, 3.63) is 100.0 Å². The molecule has 0 aliphatic carbocycles. The monoisotopic (exact) mass is 562 g/mol. The highest BCUT2D eigenvalue weighted by molar-refractivity contribution is 5.96. The molecule has 11 heteroatoms. The maximum atomic E-state index is 13.5. The van der Waals surface area contributed by atoms with E-state index >= 15 is 0 Å². The number of pyridine rings is 1. The third-order valence-corrected chi connectivity index (χ3v) is 7.07. The predicted octanol–water partition coefficient (Wildman–Crippen LogP) is 5.25. The fourth-order valence-corrected chi connectivity index (χ4v) is 4.93. The number of aromatic amines is 1. The van der Waals surface area contributed by atoms with Crippen molar-refractivity contribution in [3.63, 3.8) is 0 Å². The summed E-state index contributed by atoms with van der Waals surface area (Å²) in [6, 6.07) is 16.9. The minimum Gasteiger partial charge on any atom is -0.348 e. The van der Waals surface area contributed by atoms with Crippen LogP contribution in [0.25, 0.3) is 22.5 Å². The van der Waals surface area contributed by atoms with E-state index in [9.17, 15) is 22.8 Å². The predicted molar refractivity (Wildman–Crippen MR) is 150 cm³/mol. The number of H-pyrrole nitrogens is 1. The SMILES string of the molecule is CC(Nc1nccc(-c2cc(C(=O)N3CCCC(N)C3)c(=O)[nH]c2-c2cccc(C(F)(F)F)c2)n1)c1ccccc1. The van der Waals surface area contributed by atoms with Gasteiger partial charge in [-0.05, 0) is 55.2 Å². The zero-order valence-corrected chi connectivity index (χ0v) is 22.3. The Morgan fingerprint density at radius 3 is 2.63 bits per heavy atom. The number of amides is 1. The van der Waals surface area contributed by atoms with Gasteiger partial charge in [0.2, 0.25) is 5.95 Å². The van der Waals surface area contributed by atoms with Crippen LogP contribution in [-0.2, 0) is 6.18 Å². The molecule has 8 nitrogen and oxygen atoms in total. The zero-order valence-electron chi connectivity index (χ0n) is 22.3. The maximum absolute atomic E-state index is 13.5. The summed E-state index contributed by atoms with van der Waals surface area (Å²) in [5.41, 5.74) is 6.16. The molecule has 1 amide bonds. The number of carbonyl (C=O) groups is 1. The average Bonchev–Trinajstić information content (AvgIpc) is 2.97. The molecule has 2 unspecified atom stereocenters. The number of carbonyl (C=O) groups excluding carboxylic acids is 1. The number of benzene rings is 2. The summed E-state index contributed by atoms with van der Waals surface area (Å²) in [5.74, 6) is -0.224. The van der Waals surface area contributed by atoms with Gasteiger partial charge < -0.3 is 20.9 Å². The van der Waals surface area contributed by atoms with Crippen molar-refractivity contribution in [2.45, 2.75) is 38.0 Å². The van der Waals surface area contributed by atoms with Gasteiger partial charge in [0, 0.05) is 30.9 Å². The molecule has 212 valence electrons. The molecule has 0 bridgehead atoms. The molecule has 4 aromatic rings. The van der Waals surface area contributed by atoms with Crippen LogP contribution in [0.15, 0.2) is 77.7 Å². The smallest absolute Gasteiger partial charge is 0.348 e. The van der Waals surface area contributed by atoms with E-state index in [1.165, 1.54) is 29.3 Å². The summed E-state index contributed by atoms with van der Waals surface area (Å²) < 4.78 is 40.6. The van der Waals surface area contributed by atoms with Crippen LogP contribution >= 0.6 is 0 Å². The lowest BCUT2D eigenvalue weighted by Crippen LogP contribution is -2.46. The molecule has 5 rings (SSSR count). The van der Waals surface area contributed by atoms with Crippen LogP contribution in [0.1, 0.15) is 47.3 Å². The van der Waals surface area contributed by atoms with E-state index in [0.717, 1.165) is 24.1 Å². The van der Waals surface area contributed by atoms with E-state index in [2.05, 4.69) is 20.3 Å². The first-order chi connectivity index (χ1) is 19.6. The van der Waals surface area contributed by atoms with Gasteiger partial charge in [-0.15, -0.1) is 0 Å². The zero-order chi connectivity index (χ0) is 29.1. The minimum absolute atomic E-state index is 0.105. The van der Waals surface area contributed by atoms with Gasteiger partial charge in [0.25, 0.3) is 11.5 Å². The molecular formula is C30H29F3N6O2. The Balaban J connectivity index is 1.60. The summed E-state index contributed by atoms with van der Waals surface area (Å²) >= 11 is 0. The third kappa shape index (κ3) is 6.30. The fourth-order valence-electron chi connectivity index (χ4n) is 4.93. The number of halogens is 3. The van der Waals surface area contributed by atoms with E-state index in [1.807, 2.05) is 37.3 Å². The lowest BCUT2D eigenvalue weighted by Gasteiger charge is -2.30. The number of aromatic nitrogens is 3. The van der Waals surface area contributed by atoms with Crippen LogP contribution in [0, 0.1) is 0 Å². The summed E-state index contributed by atoms with van der Waals surface area (Å²) in [4.78, 5) is 39.7. The molecule has 1 saturated heterocycles. The normalized spacial score (nSPS) is 16.3. The van der Waals surface area contributed by atoms with Gasteiger partial charge in [-0.2, -0.15) is 13.2 Å². The molecule has 4 N–H and O–H groups in total. The van der Waals surface area contributed by atoms with Crippen molar-refractivity contribution in [3.8, 4) is 22.5 Å². The van der Waals surface area contributed by atoms with Gasteiger partial charge in [0.15, 0.2) is 0 Å². The molecule has 2 aromatic carbocycles. The van der Waals surface area contributed by atoms with E-state index in [1.54, 1.807) is 6.07 Å². The second-order valence-electron chi connectivity index (χ2n) is 10.1. The topological polar surface area (TPSA) is 117 Å². The first-order valence-corrected chi connectivity index (χ1v) is 13.2. The Bertz CT molecular complexity index is 1610. The van der Waals surface area contributed by atoms with Crippen molar-refractivity contribution in [2.24, 2.45) is 5.73 Å². The molecule has 2 atom stereocenters. The highest BCUT2D eigenvalue weighted by Crippen LogP contribution is 2.35. The number of hydrogen-bond acceptors (Lipinski definition) is 6. The van der Waals surface area contributed by atoms with Crippen LogP contribution < -0.4 is 16.6 Å². The van der Waals surface area contributed by atoms with Gasteiger partial charge in [0.1, 0.15) is 5.56 Å². The van der Waals surface area contributed by atoms with Crippen LogP contribution in [0.5, 0.6) is 0 Å². The first-order valence-electron chi connectivity index (χ1n) is 13.2. The van der Waals surface area contributed by atoms with Crippen LogP contribution in [0.3, 0.4) is 0 Å². The summed E-state index contributed by atoms with van der Waals surface area (Å²) in [6.07, 6.45) is -1.59. The van der Waals surface area contributed by atoms with Gasteiger partial charge in [0.05, 0.1) is 23.0 Å². The lowest BCUT2D eigenvalue weighted by atomic mass is 9.98. The number of likely N-dealkylation sites (tertiary alicyclic amines) is 1. The molecule has 1 aliphatic heterocycles. The second-order valence-corrected chi connectivity index (χ2v) is 10.1. The quantitative estimate of drug-likeness (QED) is 0.295. The van der Waals surface area contributed by atoms with Gasteiger partial charge in [-0.3, -0.25) is 9.59 Å². The van der Waals surface area contributed by atoms with Gasteiger partial charge in [-0.1, -0.05) is 42.5 Å². The van der Waals surface area contributed by atoms with Crippen molar-refractivity contribution in [1.82, 2.24) is 19.9 Å². The number of anilines is 1. The Morgan fingerprint density at radius 1 is 1.12 bits per heavy atom. The Kier molecular flexibility index (Phi) is 7.89. The summed E-state index contributed by atoms with van der Waals surface area (Å²) in [5, 5.41) is 3.23. The summed E-state index contributed by atoms with van der Waals surface area (Å²) in [6.45, 7) is 2.71. The number of hydrogen-bond donors (Lipinski definition) is 3. The van der Waals surface area contributed by atoms with Crippen molar-refractivity contribution in [2.75, 3.05) is 18.4 Å². The highest BCUT2D eigenvalue weighted by atomic mass is 19.4. The van der Waals surface area contributed by atoms with Gasteiger partial charge in [-0.25, -0.2) is 9.97 Å². The van der Waals surface area contributed by atoms with Crippen molar-refractivity contribution < 1.29 is 18.0 Å². The molecule has 0 spiro atoms. The fraction of sp³-hybridized carbons (Fsp3) is 0.267. The van der Waals surface area contributed by atoms with Gasteiger partial charge >= 0.3 is 6.18 Å². The molecule has 0 saturated carbocycles. The number of rotatable bonds is 6. The first kappa shape index (κ1) is 28.0. The van der Waals surface area contributed by atoms with Crippen LogP contribution in [0.4, 0.5) is 19.1 Å². The number of nitrogens with zero attached hydrogens (tertiary/aromatic N) is 3. The Hall–Kier alpha value is -4.51. The highest BCUT2D eigenvalue weighted by Gasteiger charge is 2.31. The molecular weight excluding hydrogens is 533 g/mol. The third-order valence-electron chi connectivity index (χ3n) is 7.07. The average molecular weight is 563 g/mol. The summed E-state index contributed by atoms with van der Waals surface area (Å²) in [7, 11) is 0. The number of nitrogens with one attached hydrogen (secondary N) is 2. The van der Waals surface area contributed by atoms with Crippen molar-refractivity contribution >= 4 is 11.9 Å². The Labute approximate surface area is 234 Å². The number of piperidine rings is 1. The molecule has 41 heavy (non-hydrogen) atoms. The van der Waals surface area contributed by atoms with Crippen LogP contribution in [0.2, 0.25) is 0 Å². The van der Waals surface area contributed by atoms with E-state index in [0.29, 0.717) is 25.2 Å². The second kappa shape index (κ2) is 11.5. The largest absolute Gasteiger partial charge is 0.416 e. The number of nitrogens with two attached hydrogens (primary N) is 1. The van der Waals surface area contributed by atoms with E-state index in [-0.39, 0.29) is 40.4 Å². The molecule has 1 fully saturated rings. The lowest BCUT2D eigenvalue weighted by molar-refractivity contribution is -0.137. The molecule has 3 heterocycles. The van der Waals surface area contributed by atoms with Crippen LogP contribution in [-0.4, -0.2) is 44.9 Å². The number of alkyl halides is 3.